The van der Waals surface area contributed by atoms with Gasteiger partial charge in [0.25, 0.3) is 5.91 Å². The van der Waals surface area contributed by atoms with Crippen molar-refractivity contribution in [2.45, 2.75) is 31.7 Å². The van der Waals surface area contributed by atoms with E-state index in [0.29, 0.717) is 17.1 Å². The predicted molar refractivity (Wildman–Crippen MR) is 107 cm³/mol. The van der Waals surface area contributed by atoms with Crippen LogP contribution in [0, 0.1) is 0 Å². The first kappa shape index (κ1) is 21.4. The first-order valence-corrected chi connectivity index (χ1v) is 10.00. The summed E-state index contributed by atoms with van der Waals surface area (Å²) in [5, 5.41) is 5.30. The van der Waals surface area contributed by atoms with Crippen LogP contribution in [-0.4, -0.2) is 33.4 Å². The minimum atomic E-state index is -3.72. The van der Waals surface area contributed by atoms with Crippen molar-refractivity contribution in [3.05, 3.63) is 48.0 Å². The molecule has 2 amide bonds. The number of carbonyl (C=O) groups excluding carboxylic acids is 2. The maximum absolute atomic E-state index is 12.6. The van der Waals surface area contributed by atoms with Gasteiger partial charge < -0.3 is 15.4 Å². The highest BCUT2D eigenvalue weighted by Crippen LogP contribution is 2.28. The molecule has 0 radical (unpaired) electrons. The first-order chi connectivity index (χ1) is 13.1. The van der Waals surface area contributed by atoms with Gasteiger partial charge in [-0.15, -0.1) is 0 Å². The number of carbonyl (C=O) groups is 2. The van der Waals surface area contributed by atoms with Crippen LogP contribution < -0.4 is 20.1 Å². The lowest BCUT2D eigenvalue weighted by molar-refractivity contribution is -0.114. The van der Waals surface area contributed by atoms with E-state index in [-0.39, 0.29) is 22.4 Å². The normalized spacial score (nSPS) is 11.2. The number of anilines is 2. The van der Waals surface area contributed by atoms with E-state index in [1.165, 1.54) is 38.3 Å². The maximum Gasteiger partial charge on any atom is 0.255 e. The van der Waals surface area contributed by atoms with Gasteiger partial charge in [0.05, 0.1) is 17.7 Å². The fourth-order valence-electron chi connectivity index (χ4n) is 2.46. The summed E-state index contributed by atoms with van der Waals surface area (Å²) in [6.07, 6.45) is 0. The molecule has 0 aliphatic rings. The molecule has 2 aromatic carbocycles. The predicted octanol–water partition coefficient (Wildman–Crippen LogP) is 2.59. The molecule has 150 valence electrons. The highest BCUT2D eigenvalue weighted by Gasteiger charge is 2.18. The van der Waals surface area contributed by atoms with Gasteiger partial charge in [0.2, 0.25) is 15.9 Å². The standard InChI is InChI=1S/C19H23N3O5S/c1-12(2)22-28(25,26)16-7-5-6-14(10-16)19(24)21-17-11-15(20-13(3)23)8-9-18(17)27-4/h5-12,22H,1-4H3,(H,20,23)(H,21,24). The smallest absolute Gasteiger partial charge is 0.255 e. The second-order valence-electron chi connectivity index (χ2n) is 6.35. The zero-order valence-corrected chi connectivity index (χ0v) is 16.9. The number of amides is 2. The van der Waals surface area contributed by atoms with Gasteiger partial charge in [-0.1, -0.05) is 6.07 Å². The van der Waals surface area contributed by atoms with Crippen molar-refractivity contribution in [1.82, 2.24) is 4.72 Å². The Morgan fingerprint density at radius 3 is 2.36 bits per heavy atom. The van der Waals surface area contributed by atoms with E-state index < -0.39 is 15.9 Å². The lowest BCUT2D eigenvalue weighted by atomic mass is 10.2. The van der Waals surface area contributed by atoms with Crippen molar-refractivity contribution in [3.8, 4) is 5.75 Å². The van der Waals surface area contributed by atoms with Crippen molar-refractivity contribution in [3.63, 3.8) is 0 Å². The third-order valence-electron chi connectivity index (χ3n) is 3.57. The summed E-state index contributed by atoms with van der Waals surface area (Å²) in [6.45, 7) is 4.80. The molecular formula is C19H23N3O5S. The number of hydrogen-bond acceptors (Lipinski definition) is 5. The molecule has 0 saturated heterocycles. The zero-order valence-electron chi connectivity index (χ0n) is 16.1. The summed E-state index contributed by atoms with van der Waals surface area (Å²) in [4.78, 5) is 23.9. The molecule has 28 heavy (non-hydrogen) atoms. The number of hydrogen-bond donors (Lipinski definition) is 3. The van der Waals surface area contributed by atoms with Crippen LogP contribution in [0.25, 0.3) is 0 Å². The van der Waals surface area contributed by atoms with E-state index >= 15 is 0 Å². The molecule has 0 aliphatic carbocycles. The molecule has 8 nitrogen and oxygen atoms in total. The van der Waals surface area contributed by atoms with Gasteiger partial charge in [0.15, 0.2) is 0 Å². The molecule has 0 aliphatic heterocycles. The summed E-state index contributed by atoms with van der Waals surface area (Å²) in [5.41, 5.74) is 0.993. The number of benzene rings is 2. The topological polar surface area (TPSA) is 114 Å². The fourth-order valence-corrected chi connectivity index (χ4v) is 3.76. The maximum atomic E-state index is 12.6. The number of sulfonamides is 1. The molecule has 0 fully saturated rings. The highest BCUT2D eigenvalue weighted by molar-refractivity contribution is 7.89. The van der Waals surface area contributed by atoms with Gasteiger partial charge >= 0.3 is 0 Å². The molecular weight excluding hydrogens is 382 g/mol. The first-order valence-electron chi connectivity index (χ1n) is 8.51. The third kappa shape index (κ3) is 5.54. The van der Waals surface area contributed by atoms with Crippen molar-refractivity contribution < 1.29 is 22.7 Å². The van der Waals surface area contributed by atoms with Crippen LogP contribution in [0.4, 0.5) is 11.4 Å². The largest absolute Gasteiger partial charge is 0.495 e. The second kappa shape index (κ2) is 8.85. The van der Waals surface area contributed by atoms with E-state index in [0.717, 1.165) is 0 Å². The number of ether oxygens (including phenoxy) is 1. The van der Waals surface area contributed by atoms with E-state index in [4.69, 9.17) is 4.74 Å². The number of methoxy groups -OCH3 is 1. The minimum absolute atomic E-state index is 0.00666. The molecule has 0 atom stereocenters. The van der Waals surface area contributed by atoms with Gasteiger partial charge in [-0.25, -0.2) is 13.1 Å². The summed E-state index contributed by atoms with van der Waals surface area (Å²) in [7, 11) is -2.27. The van der Waals surface area contributed by atoms with Gasteiger partial charge in [0.1, 0.15) is 5.75 Å². The number of rotatable bonds is 7. The van der Waals surface area contributed by atoms with Crippen LogP contribution in [0.2, 0.25) is 0 Å². The summed E-state index contributed by atoms with van der Waals surface area (Å²) in [6, 6.07) is 10.2. The lowest BCUT2D eigenvalue weighted by Gasteiger charge is -2.13. The van der Waals surface area contributed by atoms with E-state index in [2.05, 4.69) is 15.4 Å². The highest BCUT2D eigenvalue weighted by atomic mass is 32.2. The third-order valence-corrected chi connectivity index (χ3v) is 5.22. The lowest BCUT2D eigenvalue weighted by Crippen LogP contribution is -2.30. The van der Waals surface area contributed by atoms with E-state index in [9.17, 15) is 18.0 Å². The summed E-state index contributed by atoms with van der Waals surface area (Å²) >= 11 is 0. The van der Waals surface area contributed by atoms with E-state index in [1.54, 1.807) is 32.0 Å². The SMILES string of the molecule is COc1ccc(NC(C)=O)cc1NC(=O)c1cccc(S(=O)(=O)NC(C)C)c1. The number of nitrogens with one attached hydrogen (secondary N) is 3. The molecule has 0 unspecified atom stereocenters. The van der Waals surface area contributed by atoms with E-state index in [1.807, 2.05) is 0 Å². The van der Waals surface area contributed by atoms with Crippen molar-refractivity contribution >= 4 is 33.2 Å². The minimum Gasteiger partial charge on any atom is -0.495 e. The molecule has 0 heterocycles. The average Bonchev–Trinajstić information content (AvgIpc) is 2.60. The van der Waals surface area contributed by atoms with Crippen LogP contribution in [-0.2, 0) is 14.8 Å². The molecule has 2 rings (SSSR count). The van der Waals surface area contributed by atoms with Gasteiger partial charge in [0, 0.05) is 24.2 Å². The summed E-state index contributed by atoms with van der Waals surface area (Å²) in [5.74, 6) is -0.370. The zero-order chi connectivity index (χ0) is 20.9. The van der Waals surface area contributed by atoms with Gasteiger partial charge in [-0.2, -0.15) is 0 Å². The monoisotopic (exact) mass is 405 g/mol. The molecule has 0 spiro atoms. The van der Waals surface area contributed by atoms with Gasteiger partial charge in [-0.05, 0) is 50.2 Å². The molecule has 3 N–H and O–H groups in total. The van der Waals surface area contributed by atoms with Crippen LogP contribution in [0.5, 0.6) is 5.75 Å². The Bertz CT molecular complexity index is 987. The Balaban J connectivity index is 2.30. The van der Waals surface area contributed by atoms with Crippen LogP contribution in [0.3, 0.4) is 0 Å². The molecule has 9 heteroatoms. The van der Waals surface area contributed by atoms with Crippen molar-refractivity contribution in [2.75, 3.05) is 17.7 Å². The Morgan fingerprint density at radius 1 is 1.04 bits per heavy atom. The quantitative estimate of drug-likeness (QED) is 0.655. The average molecular weight is 405 g/mol. The van der Waals surface area contributed by atoms with Crippen molar-refractivity contribution in [2.24, 2.45) is 0 Å². The molecule has 0 saturated carbocycles. The molecule has 0 aromatic heterocycles. The van der Waals surface area contributed by atoms with Crippen molar-refractivity contribution in [1.29, 1.82) is 0 Å². The summed E-state index contributed by atoms with van der Waals surface area (Å²) < 4.78 is 32.3. The Labute approximate surface area is 164 Å². The Kier molecular flexibility index (Phi) is 6.76. The van der Waals surface area contributed by atoms with Crippen LogP contribution in [0.15, 0.2) is 47.4 Å². The molecule has 0 bridgehead atoms. The Morgan fingerprint density at radius 2 is 1.75 bits per heavy atom. The molecule has 2 aromatic rings. The Hall–Kier alpha value is -2.91. The van der Waals surface area contributed by atoms with Gasteiger partial charge in [-0.3, -0.25) is 9.59 Å². The van der Waals surface area contributed by atoms with Crippen LogP contribution >= 0.6 is 0 Å². The van der Waals surface area contributed by atoms with Crippen LogP contribution in [0.1, 0.15) is 31.1 Å². The fraction of sp³-hybridized carbons (Fsp3) is 0.263. The second-order valence-corrected chi connectivity index (χ2v) is 8.07.